The molecular formula is C58H38N4. The van der Waals surface area contributed by atoms with Gasteiger partial charge in [-0.1, -0.05) is 137 Å². The van der Waals surface area contributed by atoms with Gasteiger partial charge in [0.05, 0.1) is 44.6 Å². The van der Waals surface area contributed by atoms with Gasteiger partial charge in [-0.3, -0.25) is 0 Å². The Labute approximate surface area is 358 Å². The lowest BCUT2D eigenvalue weighted by molar-refractivity contribution is 0.661. The number of hydrogen-bond donors (Lipinski definition) is 0. The quantitative estimate of drug-likeness (QED) is 0.175. The highest BCUT2D eigenvalue weighted by molar-refractivity contribution is 6.15. The molecule has 4 nitrogen and oxygen atoms in total. The molecule has 4 heteroatoms. The van der Waals surface area contributed by atoms with Crippen molar-refractivity contribution in [2.24, 2.45) is 0 Å². The van der Waals surface area contributed by atoms with Crippen molar-refractivity contribution in [3.63, 3.8) is 0 Å². The molecule has 0 N–H and O–H groups in total. The van der Waals surface area contributed by atoms with Crippen LogP contribution >= 0.6 is 0 Å². The fraction of sp³-hybridized carbons (Fsp3) is 0.103. The first-order chi connectivity index (χ1) is 30.2. The minimum atomic E-state index is -0.201. The first-order valence-corrected chi connectivity index (χ1v) is 21.4. The van der Waals surface area contributed by atoms with Gasteiger partial charge in [0.2, 0.25) is 0 Å². The molecule has 0 fully saturated rings. The first kappa shape index (κ1) is 34.9. The zero-order valence-electron chi connectivity index (χ0n) is 34.8. The summed E-state index contributed by atoms with van der Waals surface area (Å²) in [6, 6.07) is 61.8. The topological polar surface area (TPSA) is 57.4 Å². The summed E-state index contributed by atoms with van der Waals surface area (Å²) in [4.78, 5) is 0. The second kappa shape index (κ2) is 11.9. The molecule has 2 aliphatic rings. The highest BCUT2D eigenvalue weighted by Gasteiger charge is 2.39. The lowest BCUT2D eigenvalue weighted by atomic mass is 9.81. The SMILES string of the molecule is CC1(C)c2cc3c4ccccc4n(-c4cc(C#N)c(-n5c6ccccc6c6cc7c(cc65)-c5c(ccc6ccccc56)C7(C)C)cc4C#N)c3cc2-c2c1ccc1ccccc21. The van der Waals surface area contributed by atoms with Crippen LogP contribution in [-0.2, 0) is 10.8 Å². The monoisotopic (exact) mass is 790 g/mol. The smallest absolute Gasteiger partial charge is 0.101 e. The van der Waals surface area contributed by atoms with Gasteiger partial charge in [0, 0.05) is 32.4 Å². The molecule has 0 saturated carbocycles. The number of para-hydroxylation sites is 2. The Morgan fingerprint density at radius 1 is 0.371 bits per heavy atom. The van der Waals surface area contributed by atoms with Gasteiger partial charge in [-0.15, -0.1) is 0 Å². The molecule has 0 atom stereocenters. The van der Waals surface area contributed by atoms with Gasteiger partial charge in [-0.05, 0) is 115 Å². The number of aromatic nitrogens is 2. The molecule has 9 aromatic carbocycles. The van der Waals surface area contributed by atoms with Crippen LogP contribution in [0.25, 0.3) is 98.8 Å². The van der Waals surface area contributed by atoms with Crippen molar-refractivity contribution in [2.45, 2.75) is 38.5 Å². The second-order valence-electron chi connectivity index (χ2n) is 18.3. The summed E-state index contributed by atoms with van der Waals surface area (Å²) in [5.41, 5.74) is 16.2. The molecule has 0 bridgehead atoms. The third-order valence-electron chi connectivity index (χ3n) is 14.6. The van der Waals surface area contributed by atoms with Gasteiger partial charge < -0.3 is 9.13 Å². The fourth-order valence-electron chi connectivity index (χ4n) is 11.6. The van der Waals surface area contributed by atoms with E-state index in [1.165, 1.54) is 66.1 Å². The van der Waals surface area contributed by atoms with Crippen LogP contribution in [-0.4, -0.2) is 9.13 Å². The third-order valence-corrected chi connectivity index (χ3v) is 14.6. The first-order valence-electron chi connectivity index (χ1n) is 21.4. The summed E-state index contributed by atoms with van der Waals surface area (Å²) < 4.78 is 4.43. The van der Waals surface area contributed by atoms with E-state index in [9.17, 15) is 10.5 Å². The van der Waals surface area contributed by atoms with Gasteiger partial charge in [0.1, 0.15) is 12.1 Å². The summed E-state index contributed by atoms with van der Waals surface area (Å²) in [6.07, 6.45) is 0. The van der Waals surface area contributed by atoms with Crippen LogP contribution in [0.1, 0.15) is 61.1 Å². The van der Waals surface area contributed by atoms with Crippen molar-refractivity contribution in [2.75, 3.05) is 0 Å². The molecule has 2 heterocycles. The minimum absolute atomic E-state index is 0.201. The van der Waals surface area contributed by atoms with E-state index in [0.717, 1.165) is 43.6 Å². The van der Waals surface area contributed by atoms with E-state index in [-0.39, 0.29) is 10.8 Å². The molecule has 11 aromatic rings. The maximum absolute atomic E-state index is 11.2. The van der Waals surface area contributed by atoms with Crippen LogP contribution < -0.4 is 0 Å². The van der Waals surface area contributed by atoms with E-state index in [1.54, 1.807) is 0 Å². The van der Waals surface area contributed by atoms with Crippen LogP contribution in [0, 0.1) is 22.7 Å². The van der Waals surface area contributed by atoms with Gasteiger partial charge in [-0.2, -0.15) is 10.5 Å². The standard InChI is InChI=1S/C58H38N4/c1-57(2)45-23-21-33-13-5-7-15-37(33)55(45)43-29-53-41(27-47(43)57)39-17-9-11-19-49(39)61(53)51-25-36(32-60)52(26-35(51)31-59)62-50-20-12-10-18-40(50)42-28-48-44(30-54(42)62)56-38-16-8-6-14-34(38)22-24-46(56)58(48,3)4/h5-30H,1-4H3. The van der Waals surface area contributed by atoms with Gasteiger partial charge in [0.25, 0.3) is 0 Å². The van der Waals surface area contributed by atoms with E-state index in [0.29, 0.717) is 22.5 Å². The van der Waals surface area contributed by atoms with Crippen molar-refractivity contribution in [3.8, 4) is 45.8 Å². The van der Waals surface area contributed by atoms with Crippen LogP contribution in [0.15, 0.2) is 158 Å². The normalized spacial score (nSPS) is 14.4. The van der Waals surface area contributed by atoms with E-state index >= 15 is 0 Å². The summed E-state index contributed by atoms with van der Waals surface area (Å²) in [5.74, 6) is 0. The number of nitriles is 2. The number of benzene rings is 9. The molecule has 0 unspecified atom stereocenters. The average molecular weight is 791 g/mol. The van der Waals surface area contributed by atoms with Crippen LogP contribution in [0.4, 0.5) is 0 Å². The highest BCUT2D eigenvalue weighted by atomic mass is 15.0. The predicted molar refractivity (Wildman–Crippen MR) is 255 cm³/mol. The molecule has 0 aliphatic heterocycles. The molecule has 2 aromatic heterocycles. The van der Waals surface area contributed by atoms with Crippen molar-refractivity contribution >= 4 is 65.2 Å². The molecule has 0 amide bonds. The Morgan fingerprint density at radius 3 is 1.18 bits per heavy atom. The van der Waals surface area contributed by atoms with Crippen molar-refractivity contribution in [1.82, 2.24) is 9.13 Å². The van der Waals surface area contributed by atoms with Gasteiger partial charge in [0.15, 0.2) is 0 Å². The number of fused-ring (bicyclic) bond motifs is 16. The van der Waals surface area contributed by atoms with E-state index < -0.39 is 0 Å². The Balaban J connectivity index is 1.09. The molecule has 0 spiro atoms. The average Bonchev–Trinajstić information content (AvgIpc) is 3.95. The summed E-state index contributed by atoms with van der Waals surface area (Å²) in [6.45, 7) is 9.31. The highest BCUT2D eigenvalue weighted by Crippen LogP contribution is 2.55. The van der Waals surface area contributed by atoms with E-state index in [2.05, 4.69) is 195 Å². The summed E-state index contributed by atoms with van der Waals surface area (Å²) >= 11 is 0. The Kier molecular flexibility index (Phi) is 6.69. The summed E-state index contributed by atoms with van der Waals surface area (Å²) in [5, 5.41) is 31.8. The van der Waals surface area contributed by atoms with E-state index in [1.807, 2.05) is 12.1 Å². The maximum Gasteiger partial charge on any atom is 0.101 e. The van der Waals surface area contributed by atoms with E-state index in [4.69, 9.17) is 0 Å². The molecule has 290 valence electrons. The lowest BCUT2D eigenvalue weighted by Gasteiger charge is -2.22. The molecule has 2 aliphatic carbocycles. The predicted octanol–water partition coefficient (Wildman–Crippen LogP) is 14.5. The van der Waals surface area contributed by atoms with Crippen molar-refractivity contribution in [1.29, 1.82) is 10.5 Å². The molecule has 62 heavy (non-hydrogen) atoms. The number of nitrogens with zero attached hydrogens (tertiary/aromatic N) is 4. The van der Waals surface area contributed by atoms with Crippen molar-refractivity contribution in [3.05, 3.63) is 191 Å². The third kappa shape index (κ3) is 4.28. The Bertz CT molecular complexity index is 3690. The van der Waals surface area contributed by atoms with Crippen LogP contribution in [0.3, 0.4) is 0 Å². The maximum atomic E-state index is 11.2. The zero-order valence-corrected chi connectivity index (χ0v) is 34.8. The second-order valence-corrected chi connectivity index (χ2v) is 18.3. The molecule has 0 radical (unpaired) electrons. The minimum Gasteiger partial charge on any atom is -0.308 e. The zero-order chi connectivity index (χ0) is 41.8. The Morgan fingerprint density at radius 2 is 0.758 bits per heavy atom. The van der Waals surface area contributed by atoms with Crippen LogP contribution in [0.5, 0.6) is 0 Å². The van der Waals surface area contributed by atoms with Crippen LogP contribution in [0.2, 0.25) is 0 Å². The number of rotatable bonds is 2. The van der Waals surface area contributed by atoms with Crippen molar-refractivity contribution < 1.29 is 0 Å². The largest absolute Gasteiger partial charge is 0.308 e. The Hall–Kier alpha value is -7.92. The van der Waals surface area contributed by atoms with Gasteiger partial charge in [-0.25, -0.2) is 0 Å². The van der Waals surface area contributed by atoms with Gasteiger partial charge >= 0.3 is 0 Å². The lowest BCUT2D eigenvalue weighted by Crippen LogP contribution is -2.14. The molecule has 13 rings (SSSR count). The molecular weight excluding hydrogens is 753 g/mol. The summed E-state index contributed by atoms with van der Waals surface area (Å²) in [7, 11) is 0. The molecule has 0 saturated heterocycles. The fourth-order valence-corrected chi connectivity index (χ4v) is 11.6. The number of hydrogen-bond acceptors (Lipinski definition) is 2.